The van der Waals surface area contributed by atoms with Crippen LogP contribution in [0.3, 0.4) is 0 Å². The van der Waals surface area contributed by atoms with E-state index >= 15 is 0 Å². The summed E-state index contributed by atoms with van der Waals surface area (Å²) in [5, 5.41) is 0. The van der Waals surface area contributed by atoms with E-state index in [1.807, 2.05) is 30.3 Å². The van der Waals surface area contributed by atoms with Gasteiger partial charge in [0.15, 0.2) is 5.82 Å². The molecule has 0 aliphatic heterocycles. The van der Waals surface area contributed by atoms with E-state index in [9.17, 15) is 0 Å². The van der Waals surface area contributed by atoms with Gasteiger partial charge in [0.1, 0.15) is 5.69 Å². The number of nitrogens with zero attached hydrogens (tertiary/aromatic N) is 6. The Hall–Kier alpha value is -3.54. The average molecular weight is 312 g/mol. The van der Waals surface area contributed by atoms with Gasteiger partial charge < -0.3 is 0 Å². The molecule has 0 spiro atoms. The normalized spacial score (nSPS) is 10.5. The molecule has 0 radical (unpaired) electrons. The van der Waals surface area contributed by atoms with Crippen molar-refractivity contribution in [3.63, 3.8) is 0 Å². The number of hydrogen-bond acceptors (Lipinski definition) is 6. The predicted molar refractivity (Wildman–Crippen MR) is 89.5 cm³/mol. The smallest absolute Gasteiger partial charge is 0.178 e. The summed E-state index contributed by atoms with van der Waals surface area (Å²) in [5.41, 5.74) is 3.87. The fraction of sp³-hybridized carbons (Fsp3) is 0. The molecular weight excluding hydrogens is 300 g/mol. The van der Waals surface area contributed by atoms with Crippen LogP contribution >= 0.6 is 0 Å². The second-order valence-electron chi connectivity index (χ2n) is 5.00. The Morgan fingerprint density at radius 3 is 2.29 bits per heavy atom. The van der Waals surface area contributed by atoms with E-state index in [0.29, 0.717) is 17.2 Å². The highest BCUT2D eigenvalue weighted by atomic mass is 14.9. The van der Waals surface area contributed by atoms with Crippen LogP contribution in [-0.2, 0) is 0 Å². The van der Waals surface area contributed by atoms with Gasteiger partial charge >= 0.3 is 0 Å². The van der Waals surface area contributed by atoms with Crippen molar-refractivity contribution in [2.24, 2.45) is 0 Å². The highest BCUT2D eigenvalue weighted by Gasteiger charge is 2.14. The van der Waals surface area contributed by atoms with E-state index in [4.69, 9.17) is 4.98 Å². The van der Waals surface area contributed by atoms with Crippen molar-refractivity contribution in [3.05, 3.63) is 73.7 Å². The van der Waals surface area contributed by atoms with Gasteiger partial charge in [0.25, 0.3) is 0 Å². The Morgan fingerprint density at radius 1 is 0.625 bits per heavy atom. The Labute approximate surface area is 138 Å². The van der Waals surface area contributed by atoms with Crippen LogP contribution in [-0.4, -0.2) is 29.9 Å². The van der Waals surface area contributed by atoms with Crippen molar-refractivity contribution < 1.29 is 0 Å². The molecule has 6 heteroatoms. The summed E-state index contributed by atoms with van der Waals surface area (Å²) in [4.78, 5) is 26.2. The first-order valence-electron chi connectivity index (χ1n) is 7.37. The second kappa shape index (κ2) is 6.29. The van der Waals surface area contributed by atoms with E-state index < -0.39 is 0 Å². The summed E-state index contributed by atoms with van der Waals surface area (Å²) in [5.74, 6) is 0.557. The SMILES string of the molecule is c1ccc(-c2ncc(-c3cnccn3)c(-c3cccnc3)n2)nc1. The highest BCUT2D eigenvalue weighted by Crippen LogP contribution is 2.29. The maximum Gasteiger partial charge on any atom is 0.178 e. The molecule has 24 heavy (non-hydrogen) atoms. The maximum absolute atomic E-state index is 4.71. The van der Waals surface area contributed by atoms with Gasteiger partial charge in [-0.05, 0) is 24.3 Å². The van der Waals surface area contributed by atoms with Gasteiger partial charge in [-0.25, -0.2) is 9.97 Å². The van der Waals surface area contributed by atoms with Crippen LogP contribution in [0.15, 0.2) is 73.7 Å². The van der Waals surface area contributed by atoms with Crippen molar-refractivity contribution in [2.45, 2.75) is 0 Å². The molecule has 0 bridgehead atoms. The van der Waals surface area contributed by atoms with Crippen molar-refractivity contribution in [2.75, 3.05) is 0 Å². The largest absolute Gasteiger partial charge is 0.264 e. The van der Waals surface area contributed by atoms with Gasteiger partial charge in [-0.2, -0.15) is 0 Å². The molecule has 0 saturated carbocycles. The van der Waals surface area contributed by atoms with Crippen LogP contribution in [0.4, 0.5) is 0 Å². The fourth-order valence-electron chi connectivity index (χ4n) is 2.35. The first kappa shape index (κ1) is 14.1. The van der Waals surface area contributed by atoms with Gasteiger partial charge in [-0.3, -0.25) is 19.9 Å². The molecule has 6 nitrogen and oxygen atoms in total. The second-order valence-corrected chi connectivity index (χ2v) is 5.00. The van der Waals surface area contributed by atoms with Gasteiger partial charge in [-0.15, -0.1) is 0 Å². The van der Waals surface area contributed by atoms with E-state index in [-0.39, 0.29) is 0 Å². The molecule has 4 heterocycles. The zero-order valence-electron chi connectivity index (χ0n) is 12.6. The van der Waals surface area contributed by atoms with E-state index in [0.717, 1.165) is 16.8 Å². The Bertz CT molecular complexity index is 943. The van der Waals surface area contributed by atoms with Crippen LogP contribution in [0, 0.1) is 0 Å². The zero-order chi connectivity index (χ0) is 16.2. The number of rotatable bonds is 3. The zero-order valence-corrected chi connectivity index (χ0v) is 12.6. The minimum absolute atomic E-state index is 0.557. The summed E-state index contributed by atoms with van der Waals surface area (Å²) >= 11 is 0. The third kappa shape index (κ3) is 2.72. The van der Waals surface area contributed by atoms with Gasteiger partial charge in [-0.1, -0.05) is 6.07 Å². The molecule has 0 amide bonds. The summed E-state index contributed by atoms with van der Waals surface area (Å²) in [7, 11) is 0. The molecule has 0 aliphatic rings. The maximum atomic E-state index is 4.71. The third-order valence-corrected chi connectivity index (χ3v) is 3.46. The molecule has 0 saturated heterocycles. The van der Waals surface area contributed by atoms with Crippen LogP contribution in [0.5, 0.6) is 0 Å². The van der Waals surface area contributed by atoms with Gasteiger partial charge in [0.2, 0.25) is 0 Å². The van der Waals surface area contributed by atoms with Gasteiger partial charge in [0.05, 0.1) is 17.6 Å². The molecular formula is C18H12N6. The summed E-state index contributed by atoms with van der Waals surface area (Å²) < 4.78 is 0. The lowest BCUT2D eigenvalue weighted by Gasteiger charge is -2.09. The molecule has 0 unspecified atom stereocenters. The van der Waals surface area contributed by atoms with Crippen molar-refractivity contribution >= 4 is 0 Å². The van der Waals surface area contributed by atoms with Crippen LogP contribution in [0.1, 0.15) is 0 Å². The van der Waals surface area contributed by atoms with E-state index in [2.05, 4.69) is 24.9 Å². The van der Waals surface area contributed by atoms with Crippen LogP contribution < -0.4 is 0 Å². The molecule has 0 atom stereocenters. The molecule has 4 rings (SSSR count). The highest BCUT2D eigenvalue weighted by molar-refractivity contribution is 5.78. The molecule has 0 aromatic carbocycles. The molecule has 0 N–H and O–H groups in total. The first-order valence-corrected chi connectivity index (χ1v) is 7.37. The van der Waals surface area contributed by atoms with E-state index in [1.165, 1.54) is 0 Å². The van der Waals surface area contributed by atoms with Crippen molar-refractivity contribution in [3.8, 4) is 34.0 Å². The van der Waals surface area contributed by atoms with Crippen molar-refractivity contribution in [1.82, 2.24) is 29.9 Å². The molecule has 4 aromatic rings. The molecule has 114 valence electrons. The standard InChI is InChI=1S/C18H12N6/c1-2-7-21-15(5-1)18-23-11-14(16-12-20-8-9-22-16)17(24-18)13-4-3-6-19-10-13/h1-12H. The summed E-state index contributed by atoms with van der Waals surface area (Å²) in [6.45, 7) is 0. The fourth-order valence-corrected chi connectivity index (χ4v) is 2.35. The monoisotopic (exact) mass is 312 g/mol. The van der Waals surface area contributed by atoms with Crippen molar-refractivity contribution in [1.29, 1.82) is 0 Å². The first-order chi connectivity index (χ1) is 11.9. The Kier molecular flexibility index (Phi) is 3.69. The molecule has 0 fully saturated rings. The van der Waals surface area contributed by atoms with E-state index in [1.54, 1.807) is 43.4 Å². The molecule has 0 aliphatic carbocycles. The third-order valence-electron chi connectivity index (χ3n) is 3.46. The lowest BCUT2D eigenvalue weighted by molar-refractivity contribution is 1.13. The lowest BCUT2D eigenvalue weighted by atomic mass is 10.1. The summed E-state index contributed by atoms with van der Waals surface area (Å²) in [6.07, 6.45) is 11.9. The lowest BCUT2D eigenvalue weighted by Crippen LogP contribution is -1.98. The quantitative estimate of drug-likeness (QED) is 0.578. The average Bonchev–Trinajstić information content (AvgIpc) is 2.69. The minimum atomic E-state index is 0.557. The minimum Gasteiger partial charge on any atom is -0.264 e. The number of aromatic nitrogens is 6. The Morgan fingerprint density at radius 2 is 1.54 bits per heavy atom. The van der Waals surface area contributed by atoms with Crippen LogP contribution in [0.25, 0.3) is 34.0 Å². The molecule has 4 aromatic heterocycles. The summed E-state index contributed by atoms with van der Waals surface area (Å²) in [6, 6.07) is 9.48. The Balaban J connectivity index is 1.92. The van der Waals surface area contributed by atoms with Gasteiger partial charge in [0, 0.05) is 48.3 Å². The number of pyridine rings is 2. The number of hydrogen-bond donors (Lipinski definition) is 0. The topological polar surface area (TPSA) is 77.3 Å². The van der Waals surface area contributed by atoms with Crippen LogP contribution in [0.2, 0.25) is 0 Å². The predicted octanol–water partition coefficient (Wildman–Crippen LogP) is 3.06.